The summed E-state index contributed by atoms with van der Waals surface area (Å²) in [5.74, 6) is 0.170. The zero-order chi connectivity index (χ0) is 14.4. The highest BCUT2D eigenvalue weighted by atomic mass is 16.5. The highest BCUT2D eigenvalue weighted by Crippen LogP contribution is 2.15. The van der Waals surface area contributed by atoms with E-state index in [0.717, 1.165) is 12.8 Å². The molecule has 7 nitrogen and oxygen atoms in total. The molecule has 1 aliphatic heterocycles. The van der Waals surface area contributed by atoms with E-state index in [1.165, 1.54) is 6.92 Å². The lowest BCUT2D eigenvalue weighted by Gasteiger charge is -2.32. The second-order valence-corrected chi connectivity index (χ2v) is 4.69. The number of nitrogens with one attached hydrogen (secondary N) is 1. The second-order valence-electron chi connectivity index (χ2n) is 4.69. The van der Waals surface area contributed by atoms with E-state index in [4.69, 9.17) is 4.74 Å². The van der Waals surface area contributed by atoms with Crippen LogP contribution in [0.25, 0.3) is 0 Å². The molecule has 1 unspecified atom stereocenters. The number of carbonyl (C=O) groups is 2. The van der Waals surface area contributed by atoms with Gasteiger partial charge in [-0.3, -0.25) is 9.59 Å². The molecule has 0 saturated carbocycles. The normalized spacial score (nSPS) is 18.4. The Hall–Kier alpha value is -2.18. The molecule has 1 aromatic heterocycles. The second kappa shape index (κ2) is 6.83. The lowest BCUT2D eigenvalue weighted by atomic mass is 10.1. The van der Waals surface area contributed by atoms with Crippen molar-refractivity contribution in [1.29, 1.82) is 0 Å². The maximum absolute atomic E-state index is 11.9. The Bertz CT molecular complexity index is 466. The van der Waals surface area contributed by atoms with Crippen LogP contribution in [0, 0.1) is 0 Å². The summed E-state index contributed by atoms with van der Waals surface area (Å²) in [5, 5.41) is 10.1. The zero-order valence-corrected chi connectivity index (χ0v) is 11.4. The number of carbonyl (C=O) groups excluding carboxylic acids is 2. The van der Waals surface area contributed by atoms with Gasteiger partial charge in [0.2, 0.25) is 17.7 Å². The molecule has 1 aliphatic rings. The van der Waals surface area contributed by atoms with Gasteiger partial charge >= 0.3 is 0 Å². The van der Waals surface area contributed by atoms with E-state index in [1.54, 1.807) is 23.2 Å². The van der Waals surface area contributed by atoms with Crippen LogP contribution in [-0.2, 0) is 9.59 Å². The predicted molar refractivity (Wildman–Crippen MR) is 70.9 cm³/mol. The zero-order valence-electron chi connectivity index (χ0n) is 11.4. The van der Waals surface area contributed by atoms with Gasteiger partial charge in [-0.2, -0.15) is 5.10 Å². The Labute approximate surface area is 117 Å². The number of ether oxygens (including phenoxy) is 1. The van der Waals surface area contributed by atoms with Crippen molar-refractivity contribution in [3.05, 3.63) is 18.3 Å². The molecule has 0 aromatic carbocycles. The van der Waals surface area contributed by atoms with Gasteiger partial charge in [0.15, 0.2) is 0 Å². The van der Waals surface area contributed by atoms with E-state index >= 15 is 0 Å². The number of likely N-dealkylation sites (tertiary alicyclic amines) is 1. The number of hydrogen-bond acceptors (Lipinski definition) is 5. The summed E-state index contributed by atoms with van der Waals surface area (Å²) in [5.41, 5.74) is 0. The molecule has 7 heteroatoms. The molecule has 108 valence electrons. The molecule has 0 aliphatic carbocycles. The first-order chi connectivity index (χ1) is 9.65. The van der Waals surface area contributed by atoms with Crippen molar-refractivity contribution in [2.45, 2.75) is 25.9 Å². The van der Waals surface area contributed by atoms with Crippen molar-refractivity contribution in [2.24, 2.45) is 0 Å². The quantitative estimate of drug-likeness (QED) is 0.837. The Morgan fingerprint density at radius 1 is 1.55 bits per heavy atom. The van der Waals surface area contributed by atoms with Gasteiger partial charge in [-0.15, -0.1) is 5.10 Å². The number of hydrogen-bond donors (Lipinski definition) is 1. The van der Waals surface area contributed by atoms with Crippen molar-refractivity contribution in [2.75, 3.05) is 19.6 Å². The van der Waals surface area contributed by atoms with Gasteiger partial charge in [0.25, 0.3) is 0 Å². The molecule has 0 radical (unpaired) electrons. The van der Waals surface area contributed by atoms with E-state index in [2.05, 4.69) is 15.5 Å². The number of piperidine rings is 1. The maximum Gasteiger partial charge on any atom is 0.242 e. The van der Waals surface area contributed by atoms with Gasteiger partial charge in [0.1, 0.15) is 6.10 Å². The summed E-state index contributed by atoms with van der Waals surface area (Å²) in [7, 11) is 0. The third-order valence-corrected chi connectivity index (χ3v) is 3.05. The van der Waals surface area contributed by atoms with Gasteiger partial charge in [-0.1, -0.05) is 0 Å². The van der Waals surface area contributed by atoms with Crippen molar-refractivity contribution in [3.63, 3.8) is 0 Å². The van der Waals surface area contributed by atoms with E-state index < -0.39 is 0 Å². The summed E-state index contributed by atoms with van der Waals surface area (Å²) in [6, 6.07) is 3.50. The average molecular weight is 278 g/mol. The fraction of sp³-hybridized carbons (Fsp3) is 0.538. The molecule has 0 spiro atoms. The molecule has 0 bridgehead atoms. The summed E-state index contributed by atoms with van der Waals surface area (Å²) < 4.78 is 5.71. The highest BCUT2D eigenvalue weighted by Gasteiger charge is 2.25. The van der Waals surface area contributed by atoms with Crippen molar-refractivity contribution < 1.29 is 14.3 Å². The SMILES string of the molecule is CC(=O)NCC(=O)N1CCCC(Oc2cccnn2)C1. The van der Waals surface area contributed by atoms with Gasteiger partial charge in [0.05, 0.1) is 13.1 Å². The van der Waals surface area contributed by atoms with Crippen LogP contribution in [0.3, 0.4) is 0 Å². The molecule has 1 aromatic rings. The third-order valence-electron chi connectivity index (χ3n) is 3.05. The molecule has 2 heterocycles. The minimum absolute atomic E-state index is 0.0349. The first-order valence-corrected chi connectivity index (χ1v) is 6.61. The molecule has 1 fully saturated rings. The van der Waals surface area contributed by atoms with Gasteiger partial charge in [0, 0.05) is 25.7 Å². The van der Waals surface area contributed by atoms with Crippen molar-refractivity contribution in [3.8, 4) is 5.88 Å². The fourth-order valence-electron chi connectivity index (χ4n) is 2.09. The topological polar surface area (TPSA) is 84.4 Å². The largest absolute Gasteiger partial charge is 0.471 e. The Kier molecular flexibility index (Phi) is 4.86. The number of amides is 2. The van der Waals surface area contributed by atoms with Crippen LogP contribution in [0.5, 0.6) is 5.88 Å². The molecular formula is C13H18N4O3. The van der Waals surface area contributed by atoms with Crippen LogP contribution < -0.4 is 10.1 Å². The van der Waals surface area contributed by atoms with Crippen LogP contribution in [0.1, 0.15) is 19.8 Å². The summed E-state index contributed by atoms with van der Waals surface area (Å²) in [6.07, 6.45) is 3.25. The number of aromatic nitrogens is 2. The monoisotopic (exact) mass is 278 g/mol. The molecular weight excluding hydrogens is 260 g/mol. The van der Waals surface area contributed by atoms with Crippen LogP contribution in [0.15, 0.2) is 18.3 Å². The molecule has 2 amide bonds. The van der Waals surface area contributed by atoms with Crippen LogP contribution in [-0.4, -0.2) is 52.6 Å². The first-order valence-electron chi connectivity index (χ1n) is 6.61. The van der Waals surface area contributed by atoms with Gasteiger partial charge < -0.3 is 15.0 Å². The Morgan fingerprint density at radius 2 is 2.40 bits per heavy atom. The summed E-state index contributed by atoms with van der Waals surface area (Å²) in [6.45, 7) is 2.63. The number of nitrogens with zero attached hydrogens (tertiary/aromatic N) is 3. The smallest absolute Gasteiger partial charge is 0.242 e. The first kappa shape index (κ1) is 14.2. The predicted octanol–water partition coefficient (Wildman–Crippen LogP) is -0.0175. The highest BCUT2D eigenvalue weighted by molar-refractivity contribution is 5.83. The molecule has 1 N–H and O–H groups in total. The number of rotatable bonds is 4. The standard InChI is InChI=1S/C13H18N4O3/c1-10(18)14-8-13(19)17-7-3-4-11(9-17)20-12-5-2-6-15-16-12/h2,5-6,11H,3-4,7-9H2,1H3,(H,14,18). The summed E-state index contributed by atoms with van der Waals surface area (Å²) >= 11 is 0. The minimum Gasteiger partial charge on any atom is -0.471 e. The minimum atomic E-state index is -0.206. The van der Waals surface area contributed by atoms with Gasteiger partial charge in [-0.25, -0.2) is 0 Å². The third kappa shape index (κ3) is 4.18. The molecule has 1 atom stereocenters. The van der Waals surface area contributed by atoms with Crippen LogP contribution in [0.4, 0.5) is 0 Å². The van der Waals surface area contributed by atoms with Gasteiger partial charge in [-0.05, 0) is 18.9 Å². The van der Waals surface area contributed by atoms with E-state index in [0.29, 0.717) is 19.0 Å². The molecule has 20 heavy (non-hydrogen) atoms. The van der Waals surface area contributed by atoms with Crippen molar-refractivity contribution >= 4 is 11.8 Å². The summed E-state index contributed by atoms with van der Waals surface area (Å²) in [4.78, 5) is 24.5. The molecule has 2 rings (SSSR count). The van der Waals surface area contributed by atoms with Crippen molar-refractivity contribution in [1.82, 2.24) is 20.4 Å². The Balaban J connectivity index is 1.85. The maximum atomic E-state index is 11.9. The van der Waals surface area contributed by atoms with E-state index in [1.807, 2.05) is 0 Å². The fourth-order valence-corrected chi connectivity index (χ4v) is 2.09. The average Bonchev–Trinajstić information content (AvgIpc) is 2.46. The lowest BCUT2D eigenvalue weighted by molar-refractivity contribution is -0.134. The Morgan fingerprint density at radius 3 is 3.10 bits per heavy atom. The van der Waals surface area contributed by atoms with Crippen LogP contribution >= 0.6 is 0 Å². The van der Waals surface area contributed by atoms with E-state index in [-0.39, 0.29) is 24.5 Å². The molecule has 1 saturated heterocycles. The van der Waals surface area contributed by atoms with Crippen LogP contribution in [0.2, 0.25) is 0 Å². The lowest BCUT2D eigenvalue weighted by Crippen LogP contribution is -2.47. The van der Waals surface area contributed by atoms with E-state index in [9.17, 15) is 9.59 Å².